The van der Waals surface area contributed by atoms with Gasteiger partial charge in [-0.05, 0) is 31.4 Å². The van der Waals surface area contributed by atoms with Crippen LogP contribution < -0.4 is 9.47 Å². The largest absolute Gasteiger partial charge is 0.448 e. The number of Topliss-reactive ketones (excluding diaryl/α,β-unsaturated/α-hetero) is 1. The quantitative estimate of drug-likeness (QED) is 0.813. The maximum Gasteiger partial charge on any atom is 0.254 e. The second kappa shape index (κ2) is 4.26. The summed E-state index contributed by atoms with van der Waals surface area (Å²) in [6.45, 7) is 4.11. The van der Waals surface area contributed by atoms with Crippen LogP contribution in [0.3, 0.4) is 0 Å². The van der Waals surface area contributed by atoms with Crippen LogP contribution in [0.2, 0.25) is 0 Å². The first-order valence-corrected chi connectivity index (χ1v) is 7.07. The van der Waals surface area contributed by atoms with E-state index in [2.05, 4.69) is 6.92 Å². The molecule has 19 heavy (non-hydrogen) atoms. The van der Waals surface area contributed by atoms with Crippen molar-refractivity contribution < 1.29 is 14.3 Å². The molecule has 1 aliphatic carbocycles. The molecule has 3 rings (SSSR count). The second-order valence-electron chi connectivity index (χ2n) is 5.80. The summed E-state index contributed by atoms with van der Waals surface area (Å²) >= 11 is 0. The van der Waals surface area contributed by atoms with Gasteiger partial charge in [0.15, 0.2) is 11.5 Å². The molecule has 3 heteroatoms. The fourth-order valence-electron chi connectivity index (χ4n) is 3.46. The molecule has 3 nitrogen and oxygen atoms in total. The third-order valence-electron chi connectivity index (χ3n) is 4.75. The van der Waals surface area contributed by atoms with E-state index in [-0.39, 0.29) is 5.41 Å². The lowest BCUT2D eigenvalue weighted by Crippen LogP contribution is -2.54. The van der Waals surface area contributed by atoms with Crippen LogP contribution in [0.25, 0.3) is 0 Å². The summed E-state index contributed by atoms with van der Waals surface area (Å²) < 4.78 is 12.2. The zero-order valence-corrected chi connectivity index (χ0v) is 11.6. The Hall–Kier alpha value is -1.51. The van der Waals surface area contributed by atoms with Crippen molar-refractivity contribution in [3.63, 3.8) is 0 Å². The Labute approximate surface area is 113 Å². The number of hydrogen-bond acceptors (Lipinski definition) is 3. The molecule has 0 saturated heterocycles. The number of carbonyl (C=O) groups excluding carboxylic acids is 1. The topological polar surface area (TPSA) is 35.5 Å². The minimum Gasteiger partial charge on any atom is -0.448 e. The average Bonchev–Trinajstić information content (AvgIpc) is 2.76. The van der Waals surface area contributed by atoms with Crippen LogP contribution in [-0.2, 0) is 4.79 Å². The number of hydrogen-bond donors (Lipinski definition) is 0. The van der Waals surface area contributed by atoms with Crippen LogP contribution in [0.15, 0.2) is 24.3 Å². The van der Waals surface area contributed by atoms with Crippen molar-refractivity contribution in [3.8, 4) is 11.5 Å². The van der Waals surface area contributed by atoms with Crippen molar-refractivity contribution in [2.45, 2.75) is 51.7 Å². The van der Waals surface area contributed by atoms with E-state index in [0.717, 1.165) is 30.8 Å². The third-order valence-corrected chi connectivity index (χ3v) is 4.75. The molecule has 1 atom stereocenters. The van der Waals surface area contributed by atoms with E-state index in [4.69, 9.17) is 9.47 Å². The van der Waals surface area contributed by atoms with Crippen molar-refractivity contribution in [2.24, 2.45) is 5.41 Å². The van der Waals surface area contributed by atoms with E-state index >= 15 is 0 Å². The summed E-state index contributed by atoms with van der Waals surface area (Å²) in [5, 5.41) is 0. The Morgan fingerprint density at radius 1 is 1.21 bits per heavy atom. The van der Waals surface area contributed by atoms with E-state index in [1.165, 1.54) is 0 Å². The Morgan fingerprint density at radius 2 is 1.84 bits per heavy atom. The normalized spacial score (nSPS) is 28.4. The van der Waals surface area contributed by atoms with Gasteiger partial charge in [0.1, 0.15) is 5.78 Å². The first-order chi connectivity index (χ1) is 9.09. The van der Waals surface area contributed by atoms with Crippen molar-refractivity contribution in [2.75, 3.05) is 0 Å². The minimum absolute atomic E-state index is 0.207. The summed E-state index contributed by atoms with van der Waals surface area (Å²) in [5.74, 6) is 1.19. The van der Waals surface area contributed by atoms with E-state index < -0.39 is 5.79 Å². The third kappa shape index (κ3) is 1.83. The molecule has 0 aromatic heterocycles. The minimum atomic E-state index is -0.721. The van der Waals surface area contributed by atoms with Crippen LogP contribution >= 0.6 is 0 Å². The zero-order valence-electron chi connectivity index (χ0n) is 11.6. The number of ether oxygens (including phenoxy) is 2. The number of rotatable bonds is 2. The summed E-state index contributed by atoms with van der Waals surface area (Å²) in [7, 11) is 0. The van der Waals surface area contributed by atoms with Gasteiger partial charge in [-0.1, -0.05) is 19.1 Å². The summed E-state index contributed by atoms with van der Waals surface area (Å²) in [6, 6.07) is 7.74. The van der Waals surface area contributed by atoms with Crippen molar-refractivity contribution in [3.05, 3.63) is 24.3 Å². The first-order valence-electron chi connectivity index (χ1n) is 7.07. The molecule has 0 N–H and O–H groups in total. The second-order valence-corrected chi connectivity index (χ2v) is 5.80. The highest BCUT2D eigenvalue weighted by molar-refractivity contribution is 5.80. The Kier molecular flexibility index (Phi) is 2.80. The van der Waals surface area contributed by atoms with Gasteiger partial charge in [0, 0.05) is 19.8 Å². The molecule has 1 saturated carbocycles. The van der Waals surface area contributed by atoms with Gasteiger partial charge in [0.05, 0.1) is 5.41 Å². The van der Waals surface area contributed by atoms with Crippen LogP contribution in [0, 0.1) is 5.41 Å². The van der Waals surface area contributed by atoms with Crippen molar-refractivity contribution in [1.29, 1.82) is 0 Å². The molecule has 1 aromatic rings. The van der Waals surface area contributed by atoms with E-state index in [0.29, 0.717) is 18.6 Å². The van der Waals surface area contributed by atoms with Gasteiger partial charge in [-0.15, -0.1) is 0 Å². The van der Waals surface area contributed by atoms with Crippen LogP contribution in [0.4, 0.5) is 0 Å². The maximum absolute atomic E-state index is 11.9. The highest BCUT2D eigenvalue weighted by Gasteiger charge is 2.56. The molecular weight excluding hydrogens is 240 g/mol. The van der Waals surface area contributed by atoms with E-state index in [1.54, 1.807) is 0 Å². The predicted molar refractivity (Wildman–Crippen MR) is 72.3 cm³/mol. The summed E-state index contributed by atoms with van der Waals surface area (Å²) in [6.07, 6.45) is 4.08. The lowest BCUT2D eigenvalue weighted by Gasteiger charge is -2.45. The maximum atomic E-state index is 11.9. The van der Waals surface area contributed by atoms with Gasteiger partial charge in [-0.25, -0.2) is 0 Å². The Bertz CT molecular complexity index is 483. The molecule has 0 amide bonds. The number of para-hydroxylation sites is 2. The molecular formula is C16H20O3. The summed E-state index contributed by atoms with van der Waals surface area (Å²) in [4.78, 5) is 11.9. The molecule has 0 unspecified atom stereocenters. The van der Waals surface area contributed by atoms with E-state index in [9.17, 15) is 4.79 Å². The Morgan fingerprint density at radius 3 is 2.37 bits per heavy atom. The Balaban J connectivity index is 1.95. The van der Waals surface area contributed by atoms with Gasteiger partial charge < -0.3 is 9.47 Å². The highest BCUT2D eigenvalue weighted by Crippen LogP contribution is 2.53. The predicted octanol–water partition coefficient (Wildman–Crippen LogP) is 3.71. The van der Waals surface area contributed by atoms with Gasteiger partial charge in [0.25, 0.3) is 5.79 Å². The molecule has 0 radical (unpaired) electrons. The van der Waals surface area contributed by atoms with Gasteiger partial charge >= 0.3 is 0 Å². The fraction of sp³-hybridized carbons (Fsp3) is 0.562. The molecule has 0 spiro atoms. The molecule has 102 valence electrons. The SMILES string of the molecule is CC[C@@]1(C2(C)Oc3ccccc3O2)CCCC(=O)C1. The number of ketones is 1. The monoisotopic (exact) mass is 260 g/mol. The lowest BCUT2D eigenvalue weighted by molar-refractivity contribution is -0.182. The zero-order chi connectivity index (χ0) is 13.5. The standard InChI is InChI=1S/C16H20O3/c1-3-16(10-6-7-12(17)11-16)15(2)18-13-8-4-5-9-14(13)19-15/h4-5,8-9H,3,6-7,10-11H2,1-2H3/t16-/m1/s1. The van der Waals surface area contributed by atoms with Gasteiger partial charge in [-0.3, -0.25) is 4.79 Å². The van der Waals surface area contributed by atoms with Gasteiger partial charge in [-0.2, -0.15) is 0 Å². The smallest absolute Gasteiger partial charge is 0.254 e. The van der Waals surface area contributed by atoms with Crippen molar-refractivity contribution >= 4 is 5.78 Å². The molecule has 1 aromatic carbocycles. The molecule has 1 heterocycles. The molecule has 0 bridgehead atoms. The van der Waals surface area contributed by atoms with Crippen molar-refractivity contribution in [1.82, 2.24) is 0 Å². The lowest BCUT2D eigenvalue weighted by atomic mass is 9.66. The summed E-state index contributed by atoms with van der Waals surface area (Å²) in [5.41, 5.74) is -0.207. The number of carbonyl (C=O) groups is 1. The van der Waals surface area contributed by atoms with E-state index in [1.807, 2.05) is 31.2 Å². The molecule has 2 aliphatic rings. The van der Waals surface area contributed by atoms with Crippen LogP contribution in [-0.4, -0.2) is 11.6 Å². The number of benzene rings is 1. The molecule has 1 aliphatic heterocycles. The molecule has 1 fully saturated rings. The van der Waals surface area contributed by atoms with Crippen LogP contribution in [0.1, 0.15) is 46.0 Å². The van der Waals surface area contributed by atoms with Gasteiger partial charge in [0.2, 0.25) is 0 Å². The first kappa shape index (κ1) is 12.5. The fourth-order valence-corrected chi connectivity index (χ4v) is 3.46. The highest BCUT2D eigenvalue weighted by atomic mass is 16.7. The van der Waals surface area contributed by atoms with Crippen LogP contribution in [0.5, 0.6) is 11.5 Å². The number of fused-ring (bicyclic) bond motifs is 1. The average molecular weight is 260 g/mol.